The molecule has 0 aromatic heterocycles. The van der Waals surface area contributed by atoms with Gasteiger partial charge in [0.1, 0.15) is 0 Å². The van der Waals surface area contributed by atoms with E-state index in [0.717, 1.165) is 45.1 Å². The molecular formula is C24H40IN5O. The lowest BCUT2D eigenvalue weighted by Gasteiger charge is -2.48. The molecule has 3 rings (SSSR count). The molecule has 2 N–H and O–H groups in total. The van der Waals surface area contributed by atoms with Crippen LogP contribution in [0, 0.1) is 5.92 Å². The molecule has 0 saturated carbocycles. The Hall–Kier alpha value is -1.35. The molecule has 2 aliphatic heterocycles. The van der Waals surface area contributed by atoms with Crippen molar-refractivity contribution in [2.45, 2.75) is 58.5 Å². The predicted molar refractivity (Wildman–Crippen MR) is 139 cm³/mol. The minimum absolute atomic E-state index is 0. The summed E-state index contributed by atoms with van der Waals surface area (Å²) in [5, 5.41) is 6.38. The maximum Gasteiger partial charge on any atom is 0.221 e. The molecule has 2 fully saturated rings. The van der Waals surface area contributed by atoms with Gasteiger partial charge in [0, 0.05) is 45.2 Å². The number of rotatable bonds is 8. The first-order valence-electron chi connectivity index (χ1n) is 11.8. The normalized spacial score (nSPS) is 21.7. The van der Waals surface area contributed by atoms with Crippen LogP contribution in [0.25, 0.3) is 0 Å². The molecule has 2 aliphatic rings. The van der Waals surface area contributed by atoms with E-state index in [4.69, 9.17) is 4.99 Å². The van der Waals surface area contributed by atoms with Crippen molar-refractivity contribution in [3.63, 3.8) is 0 Å². The smallest absolute Gasteiger partial charge is 0.221 e. The van der Waals surface area contributed by atoms with Gasteiger partial charge >= 0.3 is 0 Å². The summed E-state index contributed by atoms with van der Waals surface area (Å²) in [4.78, 5) is 21.8. The lowest BCUT2D eigenvalue weighted by molar-refractivity contribution is -0.120. The van der Waals surface area contributed by atoms with Gasteiger partial charge in [0.2, 0.25) is 5.91 Å². The average Bonchev–Trinajstić information content (AvgIpc) is 2.77. The Morgan fingerprint density at radius 3 is 2.68 bits per heavy atom. The molecule has 2 heterocycles. The Bertz CT molecular complexity index is 684. The lowest BCUT2D eigenvalue weighted by atomic mass is 9.83. The topological polar surface area (TPSA) is 60.0 Å². The Balaban J connectivity index is 0.00000341. The maximum absolute atomic E-state index is 11.9. The van der Waals surface area contributed by atoms with Gasteiger partial charge < -0.3 is 15.5 Å². The number of nitrogens with one attached hydrogen (secondary N) is 2. The van der Waals surface area contributed by atoms with Gasteiger partial charge in [-0.25, -0.2) is 0 Å². The predicted octanol–water partition coefficient (Wildman–Crippen LogP) is 3.47. The van der Waals surface area contributed by atoms with E-state index in [-0.39, 0.29) is 29.9 Å². The molecule has 0 radical (unpaired) electrons. The largest absolute Gasteiger partial charge is 0.357 e. The number of halogens is 1. The fraction of sp³-hybridized carbons (Fsp3) is 0.667. The highest BCUT2D eigenvalue weighted by Gasteiger charge is 2.36. The van der Waals surface area contributed by atoms with Crippen LogP contribution in [0.3, 0.4) is 0 Å². The quantitative estimate of drug-likeness (QED) is 0.301. The van der Waals surface area contributed by atoms with Crippen LogP contribution in [-0.2, 0) is 11.3 Å². The molecule has 0 bridgehead atoms. The SMILES string of the molecule is CCCNC(=O)CCN=C(NCC)N1CCC2C(CCCN2Cc2ccccc2)C1.I. The molecule has 0 aliphatic carbocycles. The van der Waals surface area contributed by atoms with Gasteiger partial charge in [-0.05, 0) is 50.6 Å². The van der Waals surface area contributed by atoms with Crippen LogP contribution >= 0.6 is 24.0 Å². The summed E-state index contributed by atoms with van der Waals surface area (Å²) in [5.74, 6) is 1.76. The summed E-state index contributed by atoms with van der Waals surface area (Å²) in [5.41, 5.74) is 1.41. The molecule has 2 saturated heterocycles. The van der Waals surface area contributed by atoms with E-state index in [1.54, 1.807) is 0 Å². The van der Waals surface area contributed by atoms with Gasteiger partial charge in [-0.15, -0.1) is 24.0 Å². The highest BCUT2D eigenvalue weighted by atomic mass is 127. The van der Waals surface area contributed by atoms with Crippen molar-refractivity contribution < 1.29 is 4.79 Å². The summed E-state index contributed by atoms with van der Waals surface area (Å²) in [6, 6.07) is 11.5. The number of benzene rings is 1. The van der Waals surface area contributed by atoms with Crippen LogP contribution < -0.4 is 10.6 Å². The Morgan fingerprint density at radius 1 is 1.13 bits per heavy atom. The highest BCUT2D eigenvalue weighted by molar-refractivity contribution is 14.0. The van der Waals surface area contributed by atoms with Crippen molar-refractivity contribution in [2.24, 2.45) is 10.9 Å². The molecule has 1 amide bonds. The molecule has 0 spiro atoms. The van der Waals surface area contributed by atoms with Crippen molar-refractivity contribution in [1.82, 2.24) is 20.4 Å². The monoisotopic (exact) mass is 541 g/mol. The molecule has 174 valence electrons. The summed E-state index contributed by atoms with van der Waals surface area (Å²) < 4.78 is 0. The van der Waals surface area contributed by atoms with Gasteiger partial charge in [0.25, 0.3) is 0 Å². The van der Waals surface area contributed by atoms with Crippen molar-refractivity contribution in [3.05, 3.63) is 35.9 Å². The first kappa shape index (κ1) is 25.9. The second-order valence-corrected chi connectivity index (χ2v) is 8.50. The molecule has 1 aromatic carbocycles. The summed E-state index contributed by atoms with van der Waals surface area (Å²) in [6.07, 6.45) is 5.17. The second-order valence-electron chi connectivity index (χ2n) is 8.50. The van der Waals surface area contributed by atoms with Gasteiger partial charge in [-0.3, -0.25) is 14.7 Å². The zero-order valence-corrected chi connectivity index (χ0v) is 21.5. The van der Waals surface area contributed by atoms with Crippen LogP contribution in [0.15, 0.2) is 35.3 Å². The van der Waals surface area contributed by atoms with E-state index in [9.17, 15) is 4.79 Å². The number of nitrogens with zero attached hydrogens (tertiary/aromatic N) is 3. The van der Waals surface area contributed by atoms with Gasteiger partial charge in [-0.2, -0.15) is 0 Å². The number of guanidine groups is 1. The van der Waals surface area contributed by atoms with Crippen molar-refractivity contribution in [1.29, 1.82) is 0 Å². The van der Waals surface area contributed by atoms with Gasteiger partial charge in [-0.1, -0.05) is 37.3 Å². The Morgan fingerprint density at radius 2 is 1.94 bits per heavy atom. The molecule has 31 heavy (non-hydrogen) atoms. The van der Waals surface area contributed by atoms with E-state index in [1.807, 2.05) is 0 Å². The fourth-order valence-electron chi connectivity index (χ4n) is 4.76. The van der Waals surface area contributed by atoms with Crippen molar-refractivity contribution >= 4 is 35.8 Å². The number of hydrogen-bond donors (Lipinski definition) is 2. The third-order valence-corrected chi connectivity index (χ3v) is 6.22. The zero-order chi connectivity index (χ0) is 21.2. The molecule has 2 unspecified atom stereocenters. The Labute approximate surface area is 205 Å². The molecule has 2 atom stereocenters. The molecule has 6 nitrogen and oxygen atoms in total. The molecule has 7 heteroatoms. The van der Waals surface area contributed by atoms with Crippen LogP contribution in [0.5, 0.6) is 0 Å². The average molecular weight is 542 g/mol. The minimum Gasteiger partial charge on any atom is -0.357 e. The third-order valence-electron chi connectivity index (χ3n) is 6.22. The summed E-state index contributed by atoms with van der Waals surface area (Å²) in [7, 11) is 0. The number of piperidine rings is 2. The zero-order valence-electron chi connectivity index (χ0n) is 19.2. The lowest BCUT2D eigenvalue weighted by Crippen LogP contribution is -2.56. The van der Waals surface area contributed by atoms with Crippen LogP contribution in [0.4, 0.5) is 0 Å². The first-order chi connectivity index (χ1) is 14.7. The Kier molecular flexibility index (Phi) is 11.6. The number of hydrogen-bond acceptors (Lipinski definition) is 3. The van der Waals surface area contributed by atoms with E-state index in [1.165, 1.54) is 31.4 Å². The van der Waals surface area contributed by atoms with Crippen molar-refractivity contribution in [2.75, 3.05) is 39.3 Å². The number of aliphatic imine (C=N–C) groups is 1. The number of carbonyl (C=O) groups is 1. The maximum atomic E-state index is 11.9. The number of amides is 1. The number of fused-ring (bicyclic) bond motifs is 1. The molecule has 1 aromatic rings. The van der Waals surface area contributed by atoms with Crippen LogP contribution in [0.2, 0.25) is 0 Å². The van der Waals surface area contributed by atoms with Crippen LogP contribution in [-0.4, -0.2) is 67.0 Å². The highest BCUT2D eigenvalue weighted by Crippen LogP contribution is 2.31. The van der Waals surface area contributed by atoms with E-state index in [0.29, 0.717) is 24.9 Å². The van der Waals surface area contributed by atoms with Crippen molar-refractivity contribution in [3.8, 4) is 0 Å². The number of likely N-dealkylation sites (tertiary alicyclic amines) is 2. The van der Waals surface area contributed by atoms with Gasteiger partial charge in [0.15, 0.2) is 5.96 Å². The standard InChI is InChI=1S/C24H39N5O.HI/c1-3-14-26-23(30)12-15-27-24(25-4-2)29-17-13-22-21(19-29)11-8-16-28(22)18-20-9-6-5-7-10-20;/h5-7,9-10,21-22H,3-4,8,11-19H2,1-2H3,(H,25,27)(H,26,30);1H. The van der Waals surface area contributed by atoms with E-state index < -0.39 is 0 Å². The second kappa shape index (κ2) is 13.9. The van der Waals surface area contributed by atoms with E-state index in [2.05, 4.69) is 64.6 Å². The van der Waals surface area contributed by atoms with Crippen LogP contribution in [0.1, 0.15) is 51.5 Å². The summed E-state index contributed by atoms with van der Waals surface area (Å²) >= 11 is 0. The molecular weight excluding hydrogens is 501 g/mol. The van der Waals surface area contributed by atoms with Gasteiger partial charge in [0.05, 0.1) is 6.54 Å². The minimum atomic E-state index is 0. The third kappa shape index (κ3) is 7.93. The summed E-state index contributed by atoms with van der Waals surface area (Å²) in [6.45, 7) is 10.7. The number of carbonyl (C=O) groups excluding carboxylic acids is 1. The first-order valence-corrected chi connectivity index (χ1v) is 11.8. The van der Waals surface area contributed by atoms with E-state index >= 15 is 0 Å². The fourth-order valence-corrected chi connectivity index (χ4v) is 4.76.